The van der Waals surface area contributed by atoms with Gasteiger partial charge in [0, 0.05) is 12.6 Å². The molecule has 2 aromatic carbocycles. The summed E-state index contributed by atoms with van der Waals surface area (Å²) >= 11 is 0. The van der Waals surface area contributed by atoms with Crippen molar-refractivity contribution < 1.29 is 13.0 Å². The highest BCUT2D eigenvalue weighted by molar-refractivity contribution is 7.89. The molecule has 0 fully saturated rings. The third-order valence-electron chi connectivity index (χ3n) is 3.26. The van der Waals surface area contributed by atoms with Crippen molar-refractivity contribution in [3.8, 4) is 0 Å². The molecule has 0 saturated carbocycles. The van der Waals surface area contributed by atoms with Crippen molar-refractivity contribution in [3.05, 3.63) is 54.1 Å². The molecule has 114 valence electrons. The summed E-state index contributed by atoms with van der Waals surface area (Å²) in [4.78, 5) is 0.0199. The molecule has 1 unspecified atom stereocenters. The summed E-state index contributed by atoms with van der Waals surface area (Å²) < 4.78 is 31.9. The molecule has 3 N–H and O–H groups in total. The molecule has 0 aliphatic rings. The van der Waals surface area contributed by atoms with Crippen molar-refractivity contribution in [2.24, 2.45) is 5.73 Å². The zero-order valence-electron chi connectivity index (χ0n) is 11.5. The maximum absolute atomic E-state index is 12.4. The van der Waals surface area contributed by atoms with Gasteiger partial charge in [0.2, 0.25) is 10.0 Å². The highest BCUT2D eigenvalue weighted by Crippen LogP contribution is 2.19. The first-order valence-electron chi connectivity index (χ1n) is 6.59. The average molecular weight is 318 g/mol. The van der Waals surface area contributed by atoms with Gasteiger partial charge in [-0.3, -0.25) is 0 Å². The SMILES string of the molecule is NC(CNS(=O)(=O)c1cccc2nonc12)c1ccccc1. The minimum Gasteiger partial charge on any atom is -0.323 e. The molecular weight excluding hydrogens is 304 g/mol. The Morgan fingerprint density at radius 2 is 1.86 bits per heavy atom. The number of aromatic nitrogens is 2. The minimum absolute atomic E-state index is 0.0199. The molecule has 0 radical (unpaired) electrons. The lowest BCUT2D eigenvalue weighted by Crippen LogP contribution is -2.32. The molecule has 0 aliphatic heterocycles. The Labute approximate surface area is 127 Å². The van der Waals surface area contributed by atoms with E-state index in [2.05, 4.69) is 19.7 Å². The molecule has 0 amide bonds. The first-order chi connectivity index (χ1) is 10.6. The van der Waals surface area contributed by atoms with Crippen molar-refractivity contribution in [2.45, 2.75) is 10.9 Å². The fraction of sp³-hybridized carbons (Fsp3) is 0.143. The van der Waals surface area contributed by atoms with Gasteiger partial charge in [-0.05, 0) is 28.0 Å². The van der Waals surface area contributed by atoms with Gasteiger partial charge in [-0.25, -0.2) is 17.8 Å². The third kappa shape index (κ3) is 2.84. The van der Waals surface area contributed by atoms with Crippen LogP contribution >= 0.6 is 0 Å². The number of hydrogen-bond donors (Lipinski definition) is 2. The predicted octanol–water partition coefficient (Wildman–Crippen LogP) is 1.20. The van der Waals surface area contributed by atoms with E-state index in [-0.39, 0.29) is 17.0 Å². The zero-order chi connectivity index (χ0) is 15.6. The first kappa shape index (κ1) is 14.6. The molecule has 1 heterocycles. The van der Waals surface area contributed by atoms with E-state index < -0.39 is 16.1 Å². The Morgan fingerprint density at radius 1 is 1.09 bits per heavy atom. The van der Waals surface area contributed by atoms with Gasteiger partial charge in [0.1, 0.15) is 10.4 Å². The second-order valence-corrected chi connectivity index (χ2v) is 6.49. The molecule has 0 aliphatic carbocycles. The van der Waals surface area contributed by atoms with E-state index in [1.54, 1.807) is 12.1 Å². The van der Waals surface area contributed by atoms with E-state index >= 15 is 0 Å². The average Bonchev–Trinajstić information content (AvgIpc) is 3.02. The summed E-state index contributed by atoms with van der Waals surface area (Å²) in [5, 5.41) is 7.27. The van der Waals surface area contributed by atoms with Crippen molar-refractivity contribution >= 4 is 21.1 Å². The Kier molecular flexibility index (Phi) is 3.88. The first-order valence-corrected chi connectivity index (χ1v) is 8.08. The molecule has 1 aromatic heterocycles. The van der Waals surface area contributed by atoms with Gasteiger partial charge in [0.05, 0.1) is 0 Å². The van der Waals surface area contributed by atoms with Crippen LogP contribution in [-0.4, -0.2) is 25.3 Å². The second-order valence-electron chi connectivity index (χ2n) is 4.76. The molecule has 7 nitrogen and oxygen atoms in total. The Bertz CT molecular complexity index is 877. The lowest BCUT2D eigenvalue weighted by molar-refractivity contribution is 0.315. The quantitative estimate of drug-likeness (QED) is 0.731. The van der Waals surface area contributed by atoms with Crippen molar-refractivity contribution in [1.29, 1.82) is 0 Å². The molecule has 1 atom stereocenters. The third-order valence-corrected chi connectivity index (χ3v) is 4.71. The molecular formula is C14H14N4O3S. The van der Waals surface area contributed by atoms with Gasteiger partial charge in [-0.15, -0.1) is 0 Å². The smallest absolute Gasteiger partial charge is 0.242 e. The summed E-state index contributed by atoms with van der Waals surface area (Å²) in [6.45, 7) is 0.0774. The van der Waals surface area contributed by atoms with Crippen LogP contribution in [0.5, 0.6) is 0 Å². The summed E-state index contributed by atoms with van der Waals surface area (Å²) in [6, 6.07) is 13.5. The maximum Gasteiger partial charge on any atom is 0.242 e. The summed E-state index contributed by atoms with van der Waals surface area (Å²) in [5.41, 5.74) is 7.43. The van der Waals surface area contributed by atoms with Crippen molar-refractivity contribution in [1.82, 2.24) is 15.0 Å². The minimum atomic E-state index is -3.75. The van der Waals surface area contributed by atoms with E-state index in [1.807, 2.05) is 30.3 Å². The van der Waals surface area contributed by atoms with Gasteiger partial charge in [-0.2, -0.15) is 0 Å². The Hall–Kier alpha value is -2.29. The van der Waals surface area contributed by atoms with Gasteiger partial charge in [-0.1, -0.05) is 36.4 Å². The molecule has 0 saturated heterocycles. The summed E-state index contributed by atoms with van der Waals surface area (Å²) in [7, 11) is -3.75. The van der Waals surface area contributed by atoms with Crippen molar-refractivity contribution in [2.75, 3.05) is 6.54 Å². The van der Waals surface area contributed by atoms with Crippen molar-refractivity contribution in [3.63, 3.8) is 0 Å². The molecule has 0 spiro atoms. The molecule has 0 bridgehead atoms. The number of nitrogens with zero attached hydrogens (tertiary/aromatic N) is 2. The van der Waals surface area contributed by atoms with Crippen LogP contribution in [0.3, 0.4) is 0 Å². The van der Waals surface area contributed by atoms with Gasteiger partial charge >= 0.3 is 0 Å². The topological polar surface area (TPSA) is 111 Å². The standard InChI is InChI=1S/C14H14N4O3S/c15-11(10-5-2-1-3-6-10)9-16-22(19,20)13-8-4-7-12-14(13)18-21-17-12/h1-8,11,16H,9,15H2. The predicted molar refractivity (Wildman–Crippen MR) is 80.4 cm³/mol. The van der Waals surface area contributed by atoms with Gasteiger partial charge in [0.15, 0.2) is 5.52 Å². The Balaban J connectivity index is 1.81. The van der Waals surface area contributed by atoms with Crippen LogP contribution in [0, 0.1) is 0 Å². The van der Waals surface area contributed by atoms with E-state index in [9.17, 15) is 8.42 Å². The number of rotatable bonds is 5. The summed E-state index contributed by atoms with van der Waals surface area (Å²) in [6.07, 6.45) is 0. The van der Waals surface area contributed by atoms with E-state index in [1.165, 1.54) is 6.07 Å². The summed E-state index contributed by atoms with van der Waals surface area (Å²) in [5.74, 6) is 0. The number of fused-ring (bicyclic) bond motifs is 1. The fourth-order valence-corrected chi connectivity index (χ4v) is 3.30. The molecule has 8 heteroatoms. The molecule has 3 aromatic rings. The lowest BCUT2D eigenvalue weighted by atomic mass is 10.1. The highest BCUT2D eigenvalue weighted by Gasteiger charge is 2.21. The second kappa shape index (κ2) is 5.84. The van der Waals surface area contributed by atoms with Crippen LogP contribution in [0.4, 0.5) is 0 Å². The normalized spacial score (nSPS) is 13.3. The van der Waals surface area contributed by atoms with Gasteiger partial charge < -0.3 is 5.73 Å². The maximum atomic E-state index is 12.4. The van der Waals surface area contributed by atoms with Crippen LogP contribution in [0.2, 0.25) is 0 Å². The van der Waals surface area contributed by atoms with Crippen LogP contribution in [0.1, 0.15) is 11.6 Å². The number of nitrogens with two attached hydrogens (primary N) is 1. The molecule has 22 heavy (non-hydrogen) atoms. The van der Waals surface area contributed by atoms with Crippen LogP contribution in [0.15, 0.2) is 58.1 Å². The fourth-order valence-electron chi connectivity index (χ4n) is 2.09. The van der Waals surface area contributed by atoms with Gasteiger partial charge in [0.25, 0.3) is 0 Å². The lowest BCUT2D eigenvalue weighted by Gasteiger charge is -2.13. The van der Waals surface area contributed by atoms with Crippen LogP contribution in [-0.2, 0) is 10.0 Å². The highest BCUT2D eigenvalue weighted by atomic mass is 32.2. The van der Waals surface area contributed by atoms with E-state index in [0.717, 1.165) is 5.56 Å². The number of nitrogens with one attached hydrogen (secondary N) is 1. The van der Waals surface area contributed by atoms with E-state index in [4.69, 9.17) is 5.73 Å². The van der Waals surface area contributed by atoms with Crippen LogP contribution in [0.25, 0.3) is 11.0 Å². The van der Waals surface area contributed by atoms with Crippen LogP contribution < -0.4 is 10.5 Å². The monoisotopic (exact) mass is 318 g/mol. The number of benzene rings is 2. The number of hydrogen-bond acceptors (Lipinski definition) is 6. The Morgan fingerprint density at radius 3 is 2.64 bits per heavy atom. The van der Waals surface area contributed by atoms with E-state index in [0.29, 0.717) is 5.52 Å². The number of sulfonamides is 1. The zero-order valence-corrected chi connectivity index (χ0v) is 12.3. The molecule has 3 rings (SSSR count). The largest absolute Gasteiger partial charge is 0.323 e.